The van der Waals surface area contributed by atoms with Gasteiger partial charge in [-0.25, -0.2) is 9.97 Å². The van der Waals surface area contributed by atoms with Crippen LogP contribution in [0.2, 0.25) is 0 Å². The zero-order valence-corrected chi connectivity index (χ0v) is 21.4. The molecule has 1 atom stereocenters. The van der Waals surface area contributed by atoms with Crippen LogP contribution < -0.4 is 5.32 Å². The van der Waals surface area contributed by atoms with Gasteiger partial charge in [0.25, 0.3) is 5.91 Å². The van der Waals surface area contributed by atoms with Crippen LogP contribution in [0.25, 0.3) is 22.4 Å². The zero-order valence-electron chi connectivity index (χ0n) is 21.4. The molecule has 0 radical (unpaired) electrons. The quantitative estimate of drug-likeness (QED) is 0.521. The molecule has 1 N–H and O–H groups in total. The zero-order chi connectivity index (χ0) is 26.0. The first-order valence-corrected chi connectivity index (χ1v) is 13.4. The summed E-state index contributed by atoms with van der Waals surface area (Å²) >= 11 is 0. The molecule has 1 aromatic carbocycles. The number of ether oxygens (including phenoxy) is 1. The van der Waals surface area contributed by atoms with Crippen molar-refractivity contribution >= 4 is 28.9 Å². The summed E-state index contributed by atoms with van der Waals surface area (Å²) in [5.41, 5.74) is 6.09. The molecule has 3 aromatic rings. The molecular weight excluding hydrogens is 484 g/mol. The van der Waals surface area contributed by atoms with Crippen LogP contribution in [-0.4, -0.2) is 74.4 Å². The molecule has 4 aliphatic heterocycles. The van der Waals surface area contributed by atoms with Crippen molar-refractivity contribution in [1.82, 2.24) is 29.7 Å². The number of amides is 3. The molecule has 0 bridgehead atoms. The van der Waals surface area contributed by atoms with Crippen LogP contribution in [0.15, 0.2) is 24.3 Å². The molecule has 196 valence electrons. The highest BCUT2D eigenvalue weighted by atomic mass is 16.5. The Kier molecular flexibility index (Phi) is 5.55. The van der Waals surface area contributed by atoms with Crippen LogP contribution in [0.5, 0.6) is 0 Å². The van der Waals surface area contributed by atoms with E-state index in [1.165, 1.54) is 12.8 Å². The van der Waals surface area contributed by atoms with Gasteiger partial charge in [0.15, 0.2) is 5.65 Å². The first-order valence-electron chi connectivity index (χ1n) is 13.4. The maximum absolute atomic E-state index is 13.1. The second-order valence-corrected chi connectivity index (χ2v) is 10.8. The first kappa shape index (κ1) is 23.5. The second-order valence-electron chi connectivity index (χ2n) is 10.8. The van der Waals surface area contributed by atoms with Crippen molar-refractivity contribution in [2.75, 3.05) is 26.3 Å². The third kappa shape index (κ3) is 3.82. The summed E-state index contributed by atoms with van der Waals surface area (Å²) in [6, 6.07) is 7.44. The van der Waals surface area contributed by atoms with Gasteiger partial charge in [-0.05, 0) is 68.6 Å². The van der Waals surface area contributed by atoms with Gasteiger partial charge in [0.2, 0.25) is 11.8 Å². The SMILES string of the molecule is Cc1cc(-c2ccc3c(c2)CN(C2CCC(=O)NC2=O)C3=O)nc2c1nc(CN1CCCC1)n2C1COC1. The summed E-state index contributed by atoms with van der Waals surface area (Å²) in [5.74, 6) is 0.187. The van der Waals surface area contributed by atoms with E-state index in [0.717, 1.165) is 59.0 Å². The average molecular weight is 515 g/mol. The Morgan fingerprint density at radius 3 is 2.63 bits per heavy atom. The fourth-order valence-corrected chi connectivity index (χ4v) is 6.15. The largest absolute Gasteiger partial charge is 0.377 e. The highest BCUT2D eigenvalue weighted by Crippen LogP contribution is 2.34. The van der Waals surface area contributed by atoms with E-state index in [0.29, 0.717) is 31.7 Å². The lowest BCUT2D eigenvalue weighted by Gasteiger charge is -2.29. The number of imide groups is 1. The Labute approximate surface area is 220 Å². The standard InChI is InChI=1S/C28H30N6O4/c1-16-10-21(29-26-25(16)30-23(13-32-8-2-3-9-32)34(26)19-14-38-15-19)17-4-5-20-18(11-17)12-33(28(20)37)22-6-7-24(35)31-27(22)36/h4-5,10-11,19,22H,2-3,6-9,12-15H2,1H3,(H,31,35,36). The normalized spacial score (nSPS) is 22.3. The van der Waals surface area contributed by atoms with Gasteiger partial charge < -0.3 is 14.2 Å². The highest BCUT2D eigenvalue weighted by Gasteiger charge is 2.39. The van der Waals surface area contributed by atoms with Crippen LogP contribution in [0.1, 0.15) is 59.0 Å². The predicted octanol–water partition coefficient (Wildman–Crippen LogP) is 2.33. The number of likely N-dealkylation sites (tertiary alicyclic amines) is 1. The van der Waals surface area contributed by atoms with Gasteiger partial charge in [0, 0.05) is 24.1 Å². The van der Waals surface area contributed by atoms with Crippen LogP contribution in [0.3, 0.4) is 0 Å². The maximum atomic E-state index is 13.1. The monoisotopic (exact) mass is 514 g/mol. The summed E-state index contributed by atoms with van der Waals surface area (Å²) < 4.78 is 7.81. The van der Waals surface area contributed by atoms with Gasteiger partial charge in [-0.3, -0.25) is 24.6 Å². The van der Waals surface area contributed by atoms with Gasteiger partial charge in [-0.2, -0.15) is 0 Å². The summed E-state index contributed by atoms with van der Waals surface area (Å²) in [5, 5.41) is 2.36. The Hall–Kier alpha value is -3.63. The molecule has 3 saturated heterocycles. The number of aryl methyl sites for hydroxylation is 1. The molecular formula is C28H30N6O4. The minimum atomic E-state index is -0.624. The molecule has 4 aliphatic rings. The van der Waals surface area contributed by atoms with E-state index in [4.69, 9.17) is 14.7 Å². The lowest BCUT2D eigenvalue weighted by molar-refractivity contribution is -0.136. The van der Waals surface area contributed by atoms with E-state index in [1.807, 2.05) is 18.2 Å². The number of nitrogens with one attached hydrogen (secondary N) is 1. The molecule has 38 heavy (non-hydrogen) atoms. The van der Waals surface area contributed by atoms with E-state index in [1.54, 1.807) is 4.90 Å². The number of piperidine rings is 1. The average Bonchev–Trinajstić information content (AvgIpc) is 3.58. The number of hydrogen-bond acceptors (Lipinski definition) is 7. The number of aromatic nitrogens is 3. The van der Waals surface area contributed by atoms with Gasteiger partial charge in [0.1, 0.15) is 17.4 Å². The molecule has 6 heterocycles. The van der Waals surface area contributed by atoms with Crippen molar-refractivity contribution in [2.45, 2.75) is 57.8 Å². The van der Waals surface area contributed by atoms with Crippen LogP contribution in [-0.2, 0) is 27.4 Å². The Morgan fingerprint density at radius 1 is 1.08 bits per heavy atom. The van der Waals surface area contributed by atoms with E-state index in [2.05, 4.69) is 27.8 Å². The Bertz CT molecular complexity index is 1490. The minimum absolute atomic E-state index is 0.171. The second kappa shape index (κ2) is 8.99. The van der Waals surface area contributed by atoms with Crippen molar-refractivity contribution < 1.29 is 19.1 Å². The van der Waals surface area contributed by atoms with Crippen molar-refractivity contribution in [1.29, 1.82) is 0 Å². The van der Waals surface area contributed by atoms with Crippen LogP contribution in [0, 0.1) is 6.92 Å². The highest BCUT2D eigenvalue weighted by molar-refractivity contribution is 6.05. The number of carbonyl (C=O) groups excluding carboxylic acids is 3. The smallest absolute Gasteiger partial charge is 0.255 e. The van der Waals surface area contributed by atoms with Gasteiger partial charge in [0.05, 0.1) is 31.5 Å². The van der Waals surface area contributed by atoms with E-state index < -0.39 is 11.9 Å². The van der Waals surface area contributed by atoms with Crippen molar-refractivity contribution in [2.24, 2.45) is 0 Å². The maximum Gasteiger partial charge on any atom is 0.255 e. The predicted molar refractivity (Wildman–Crippen MR) is 138 cm³/mol. The Morgan fingerprint density at radius 2 is 1.89 bits per heavy atom. The number of imidazole rings is 1. The number of benzene rings is 1. The molecule has 7 rings (SSSR count). The number of rotatable bonds is 5. The summed E-state index contributed by atoms with van der Waals surface area (Å²) in [7, 11) is 0. The molecule has 0 aliphatic carbocycles. The van der Waals surface area contributed by atoms with E-state index in [9.17, 15) is 14.4 Å². The molecule has 3 amide bonds. The molecule has 2 aromatic heterocycles. The van der Waals surface area contributed by atoms with E-state index in [-0.39, 0.29) is 24.3 Å². The lowest BCUT2D eigenvalue weighted by atomic mass is 10.0. The van der Waals surface area contributed by atoms with Crippen molar-refractivity contribution in [3.63, 3.8) is 0 Å². The fraction of sp³-hybridized carbons (Fsp3) is 0.464. The molecule has 10 heteroatoms. The van der Waals surface area contributed by atoms with Gasteiger partial charge in [-0.15, -0.1) is 0 Å². The molecule has 10 nitrogen and oxygen atoms in total. The van der Waals surface area contributed by atoms with Gasteiger partial charge in [-0.1, -0.05) is 6.07 Å². The Balaban J connectivity index is 1.23. The third-order valence-corrected chi connectivity index (χ3v) is 8.28. The van der Waals surface area contributed by atoms with E-state index >= 15 is 0 Å². The molecule has 0 spiro atoms. The van der Waals surface area contributed by atoms with Crippen molar-refractivity contribution in [3.8, 4) is 11.3 Å². The van der Waals surface area contributed by atoms with Crippen molar-refractivity contribution in [3.05, 3.63) is 46.8 Å². The number of pyridine rings is 1. The summed E-state index contributed by atoms with van der Waals surface area (Å²) in [4.78, 5) is 51.3. The minimum Gasteiger partial charge on any atom is -0.377 e. The summed E-state index contributed by atoms with van der Waals surface area (Å²) in [6.45, 7) is 6.77. The number of fused-ring (bicyclic) bond motifs is 2. The fourth-order valence-electron chi connectivity index (χ4n) is 6.15. The number of hydrogen-bond donors (Lipinski definition) is 1. The number of nitrogens with zero attached hydrogens (tertiary/aromatic N) is 5. The topological polar surface area (TPSA) is 110 Å². The first-order chi connectivity index (χ1) is 18.5. The lowest BCUT2D eigenvalue weighted by Crippen LogP contribution is -2.52. The molecule has 0 saturated carbocycles. The van der Waals surface area contributed by atoms with Crippen LogP contribution in [0.4, 0.5) is 0 Å². The molecule has 3 fully saturated rings. The summed E-state index contributed by atoms with van der Waals surface area (Å²) in [6.07, 6.45) is 3.06. The molecule has 1 unspecified atom stereocenters. The number of carbonyl (C=O) groups is 3. The van der Waals surface area contributed by atoms with Gasteiger partial charge >= 0.3 is 0 Å². The third-order valence-electron chi connectivity index (χ3n) is 8.28. The van der Waals surface area contributed by atoms with Crippen LogP contribution >= 0.6 is 0 Å².